The molecule has 0 saturated heterocycles. The second-order valence-electron chi connectivity index (χ2n) is 6.35. The maximum absolute atomic E-state index is 10.9. The molecule has 27 heavy (non-hydrogen) atoms. The third kappa shape index (κ3) is 3.90. The summed E-state index contributed by atoms with van der Waals surface area (Å²) in [6, 6.07) is 10.2. The molecular weight excluding hydrogens is 340 g/mol. The lowest BCUT2D eigenvalue weighted by atomic mass is 10.1. The number of primary amides is 1. The van der Waals surface area contributed by atoms with Crippen LogP contribution in [-0.4, -0.2) is 22.4 Å². The van der Waals surface area contributed by atoms with E-state index in [2.05, 4.69) is 39.2 Å². The molecule has 0 aliphatic carbocycles. The van der Waals surface area contributed by atoms with Gasteiger partial charge in [-0.3, -0.25) is 4.79 Å². The van der Waals surface area contributed by atoms with E-state index in [9.17, 15) is 10.1 Å². The number of hydrogen-bond donors (Lipinski definition) is 2. The first-order valence-electron chi connectivity index (χ1n) is 8.94. The van der Waals surface area contributed by atoms with Crippen molar-refractivity contribution >= 4 is 23.4 Å². The third-order valence-corrected chi connectivity index (χ3v) is 4.50. The lowest BCUT2D eigenvalue weighted by molar-refractivity contribution is -0.118. The molecular formula is C20H22N6O. The van der Waals surface area contributed by atoms with Gasteiger partial charge in [-0.1, -0.05) is 12.1 Å². The van der Waals surface area contributed by atoms with Crippen molar-refractivity contribution in [2.45, 2.75) is 33.1 Å². The van der Waals surface area contributed by atoms with Crippen LogP contribution < -0.4 is 16.0 Å². The summed E-state index contributed by atoms with van der Waals surface area (Å²) in [4.78, 5) is 22.0. The summed E-state index contributed by atoms with van der Waals surface area (Å²) in [5.74, 6) is 1.10. The zero-order valence-corrected chi connectivity index (χ0v) is 15.5. The number of nitriles is 1. The summed E-state index contributed by atoms with van der Waals surface area (Å²) >= 11 is 0. The zero-order valence-electron chi connectivity index (χ0n) is 15.5. The lowest BCUT2D eigenvalue weighted by Crippen LogP contribution is -2.20. The molecule has 0 spiro atoms. The number of nitrogens with one attached hydrogen (secondary N) is 1. The number of carbonyl (C=O) groups is 1. The molecule has 2 heterocycles. The highest BCUT2D eigenvalue weighted by Crippen LogP contribution is 2.36. The number of anilines is 2. The van der Waals surface area contributed by atoms with Gasteiger partial charge in [-0.25, -0.2) is 9.97 Å². The standard InChI is InChI=1S/C20H22N6O/c1-3-26-17-8-5-4-7-14(17)25-20(26)11-15-13(2)16(12-21)24-19(23-15)10-6-9-18(22)27/h4-5,7-8,11,25H,3,6,9-10H2,1-2H3,(H2,22,27)/b20-11-. The van der Waals surface area contributed by atoms with Gasteiger partial charge < -0.3 is 16.0 Å². The Kier molecular flexibility index (Phi) is 5.36. The van der Waals surface area contributed by atoms with Gasteiger partial charge >= 0.3 is 0 Å². The molecule has 0 unspecified atom stereocenters. The topological polar surface area (TPSA) is 108 Å². The van der Waals surface area contributed by atoms with Crippen LogP contribution in [0, 0.1) is 18.3 Å². The summed E-state index contributed by atoms with van der Waals surface area (Å²) in [7, 11) is 0. The van der Waals surface area contributed by atoms with Gasteiger partial charge in [0, 0.05) is 31.0 Å². The molecule has 1 aromatic heterocycles. The Hall–Kier alpha value is -3.40. The Morgan fingerprint density at radius 2 is 2.15 bits per heavy atom. The molecule has 0 atom stereocenters. The van der Waals surface area contributed by atoms with Crippen molar-refractivity contribution in [1.29, 1.82) is 5.26 Å². The molecule has 1 aliphatic heterocycles. The van der Waals surface area contributed by atoms with Crippen LogP contribution in [0.3, 0.4) is 0 Å². The van der Waals surface area contributed by atoms with E-state index >= 15 is 0 Å². The summed E-state index contributed by atoms with van der Waals surface area (Å²) in [6.45, 7) is 4.73. The van der Waals surface area contributed by atoms with E-state index < -0.39 is 0 Å². The normalized spacial score (nSPS) is 14.0. The van der Waals surface area contributed by atoms with Crippen LogP contribution in [0.25, 0.3) is 6.08 Å². The second kappa shape index (κ2) is 7.87. The number of para-hydroxylation sites is 2. The molecule has 0 saturated carbocycles. The van der Waals surface area contributed by atoms with Crippen LogP contribution in [0.2, 0.25) is 0 Å². The first-order chi connectivity index (χ1) is 13.0. The molecule has 7 heteroatoms. The number of carbonyl (C=O) groups excluding carboxylic acids is 1. The van der Waals surface area contributed by atoms with Crippen molar-refractivity contribution in [3.63, 3.8) is 0 Å². The van der Waals surface area contributed by atoms with E-state index in [0.717, 1.165) is 29.3 Å². The number of hydrogen-bond acceptors (Lipinski definition) is 6. The van der Waals surface area contributed by atoms with Crippen molar-refractivity contribution in [3.8, 4) is 6.07 Å². The number of aromatic nitrogens is 2. The van der Waals surface area contributed by atoms with Gasteiger partial charge in [0.25, 0.3) is 0 Å². The number of benzene rings is 1. The van der Waals surface area contributed by atoms with Crippen LogP contribution in [0.15, 0.2) is 30.1 Å². The Morgan fingerprint density at radius 3 is 2.85 bits per heavy atom. The number of nitrogens with zero attached hydrogens (tertiary/aromatic N) is 4. The lowest BCUT2D eigenvalue weighted by Gasteiger charge is -2.18. The highest BCUT2D eigenvalue weighted by molar-refractivity contribution is 5.84. The van der Waals surface area contributed by atoms with Crippen LogP contribution in [-0.2, 0) is 11.2 Å². The van der Waals surface area contributed by atoms with E-state index in [-0.39, 0.29) is 12.3 Å². The minimum atomic E-state index is -0.350. The van der Waals surface area contributed by atoms with Gasteiger partial charge in [0.1, 0.15) is 23.4 Å². The maximum Gasteiger partial charge on any atom is 0.217 e. The number of fused-ring (bicyclic) bond motifs is 1. The second-order valence-corrected chi connectivity index (χ2v) is 6.35. The fraction of sp³-hybridized carbons (Fsp3) is 0.300. The zero-order chi connectivity index (χ0) is 19.4. The molecule has 0 fully saturated rings. The summed E-state index contributed by atoms with van der Waals surface area (Å²) < 4.78 is 0. The van der Waals surface area contributed by atoms with Crippen molar-refractivity contribution in [3.05, 3.63) is 52.9 Å². The Labute approximate surface area is 158 Å². The first kappa shape index (κ1) is 18.4. The van der Waals surface area contributed by atoms with Gasteiger partial charge in [-0.2, -0.15) is 5.26 Å². The van der Waals surface area contributed by atoms with E-state index in [1.165, 1.54) is 0 Å². The van der Waals surface area contributed by atoms with Crippen LogP contribution in [0.1, 0.15) is 42.5 Å². The van der Waals surface area contributed by atoms with E-state index in [1.807, 2.05) is 31.2 Å². The predicted molar refractivity (Wildman–Crippen MR) is 105 cm³/mol. The maximum atomic E-state index is 10.9. The van der Waals surface area contributed by atoms with Crippen LogP contribution in [0.4, 0.5) is 11.4 Å². The van der Waals surface area contributed by atoms with Gasteiger partial charge in [-0.05, 0) is 32.4 Å². The van der Waals surface area contributed by atoms with Crippen LogP contribution >= 0.6 is 0 Å². The SMILES string of the molecule is CCN1/C(=C\c2nc(CCCC(N)=O)nc(C#N)c2C)Nc2ccccc21. The number of rotatable bonds is 6. The van der Waals surface area contributed by atoms with Gasteiger partial charge in [-0.15, -0.1) is 0 Å². The van der Waals surface area contributed by atoms with Crippen molar-refractivity contribution < 1.29 is 4.79 Å². The molecule has 138 valence electrons. The molecule has 7 nitrogen and oxygen atoms in total. The molecule has 0 radical (unpaired) electrons. The number of nitrogens with two attached hydrogens (primary N) is 1. The Balaban J connectivity index is 1.95. The van der Waals surface area contributed by atoms with Crippen molar-refractivity contribution in [2.75, 3.05) is 16.8 Å². The fourth-order valence-electron chi connectivity index (χ4n) is 3.10. The van der Waals surface area contributed by atoms with Crippen molar-refractivity contribution in [1.82, 2.24) is 9.97 Å². The smallest absolute Gasteiger partial charge is 0.217 e. The molecule has 3 rings (SSSR count). The Morgan fingerprint density at radius 1 is 1.37 bits per heavy atom. The molecule has 2 aromatic rings. The van der Waals surface area contributed by atoms with E-state index in [4.69, 9.17) is 5.73 Å². The van der Waals surface area contributed by atoms with Gasteiger partial charge in [0.05, 0.1) is 17.1 Å². The number of amides is 1. The monoisotopic (exact) mass is 362 g/mol. The highest BCUT2D eigenvalue weighted by atomic mass is 16.1. The van der Waals surface area contributed by atoms with Gasteiger partial charge in [0.15, 0.2) is 0 Å². The largest absolute Gasteiger partial charge is 0.370 e. The minimum Gasteiger partial charge on any atom is -0.370 e. The average Bonchev–Trinajstić information content (AvgIpc) is 3.00. The Bertz CT molecular complexity index is 944. The summed E-state index contributed by atoms with van der Waals surface area (Å²) in [5, 5.41) is 12.8. The van der Waals surface area contributed by atoms with Crippen LogP contribution in [0.5, 0.6) is 0 Å². The molecule has 1 aromatic carbocycles. The average molecular weight is 362 g/mol. The number of aryl methyl sites for hydroxylation is 1. The summed E-state index contributed by atoms with van der Waals surface area (Å²) in [6.07, 6.45) is 3.28. The molecule has 3 N–H and O–H groups in total. The van der Waals surface area contributed by atoms with E-state index in [0.29, 0.717) is 30.1 Å². The third-order valence-electron chi connectivity index (χ3n) is 4.50. The molecule has 1 aliphatic rings. The minimum absolute atomic E-state index is 0.274. The fourth-order valence-corrected chi connectivity index (χ4v) is 3.10. The molecule has 0 bridgehead atoms. The summed E-state index contributed by atoms with van der Waals surface area (Å²) in [5.41, 5.74) is 9.13. The molecule has 1 amide bonds. The highest BCUT2D eigenvalue weighted by Gasteiger charge is 2.22. The van der Waals surface area contributed by atoms with Gasteiger partial charge in [0.2, 0.25) is 5.91 Å². The van der Waals surface area contributed by atoms with Crippen molar-refractivity contribution in [2.24, 2.45) is 5.73 Å². The quantitative estimate of drug-likeness (QED) is 0.818. The predicted octanol–water partition coefficient (Wildman–Crippen LogP) is 2.72. The van der Waals surface area contributed by atoms with E-state index in [1.54, 1.807) is 0 Å². The first-order valence-corrected chi connectivity index (χ1v) is 8.94.